The summed E-state index contributed by atoms with van der Waals surface area (Å²) >= 11 is 3.20. The van der Waals surface area contributed by atoms with Gasteiger partial charge in [-0.05, 0) is 19.1 Å². The van der Waals surface area contributed by atoms with Crippen molar-refractivity contribution < 1.29 is 4.79 Å². The monoisotopic (exact) mass is 244 g/mol. The van der Waals surface area contributed by atoms with Crippen molar-refractivity contribution in [1.82, 2.24) is 9.88 Å². The maximum atomic E-state index is 11.1. The maximum Gasteiger partial charge on any atom is 0.233 e. The number of amides is 1. The summed E-state index contributed by atoms with van der Waals surface area (Å²) in [5.41, 5.74) is 0. The van der Waals surface area contributed by atoms with Crippen LogP contribution < -0.4 is 5.32 Å². The first-order valence-electron chi connectivity index (χ1n) is 4.22. The van der Waals surface area contributed by atoms with Gasteiger partial charge in [0.05, 0.1) is 4.83 Å². The third-order valence-electron chi connectivity index (χ3n) is 1.70. The fraction of sp³-hybridized carbons (Fsp3) is 0.444. The van der Waals surface area contributed by atoms with Crippen LogP contribution in [0.1, 0.15) is 6.92 Å². The first kappa shape index (κ1) is 10.3. The van der Waals surface area contributed by atoms with Crippen LogP contribution in [-0.4, -0.2) is 21.8 Å². The Bertz CT molecular complexity index is 257. The Kier molecular flexibility index (Phi) is 4.02. The quantitative estimate of drug-likeness (QED) is 0.799. The van der Waals surface area contributed by atoms with E-state index in [2.05, 4.69) is 21.2 Å². The van der Waals surface area contributed by atoms with Crippen LogP contribution in [-0.2, 0) is 11.3 Å². The fourth-order valence-electron chi connectivity index (χ4n) is 0.968. The van der Waals surface area contributed by atoms with Crippen molar-refractivity contribution in [2.45, 2.75) is 18.3 Å². The third-order valence-corrected chi connectivity index (χ3v) is 2.11. The summed E-state index contributed by atoms with van der Waals surface area (Å²) in [5, 5.41) is 2.81. The highest BCUT2D eigenvalue weighted by Gasteiger charge is 2.06. The molecule has 1 amide bonds. The molecule has 1 N–H and O–H groups in total. The first-order valence-corrected chi connectivity index (χ1v) is 5.14. The summed E-state index contributed by atoms with van der Waals surface area (Å²) in [6.45, 7) is 3.30. The summed E-state index contributed by atoms with van der Waals surface area (Å²) in [6.07, 6.45) is 3.95. The van der Waals surface area contributed by atoms with Crippen LogP contribution in [0.3, 0.4) is 0 Å². The lowest BCUT2D eigenvalue weighted by atomic mass is 10.4. The molecular formula is C9H13BrN2O. The van der Waals surface area contributed by atoms with E-state index in [0.717, 1.165) is 6.54 Å². The van der Waals surface area contributed by atoms with Crippen molar-refractivity contribution in [3.8, 4) is 0 Å². The number of carbonyl (C=O) groups is 1. The first-order chi connectivity index (χ1) is 6.20. The van der Waals surface area contributed by atoms with Gasteiger partial charge in [0.2, 0.25) is 5.91 Å². The highest BCUT2D eigenvalue weighted by molar-refractivity contribution is 9.10. The van der Waals surface area contributed by atoms with Crippen LogP contribution in [0.4, 0.5) is 0 Å². The molecule has 1 rings (SSSR count). The molecule has 1 aromatic heterocycles. The fourth-order valence-corrected chi connectivity index (χ4v) is 1.13. The molecule has 1 atom stereocenters. The summed E-state index contributed by atoms with van der Waals surface area (Å²) < 4.78 is 2.03. The molecule has 1 heterocycles. The number of rotatable bonds is 4. The molecule has 1 aromatic rings. The van der Waals surface area contributed by atoms with Gasteiger partial charge in [-0.1, -0.05) is 15.9 Å². The summed E-state index contributed by atoms with van der Waals surface area (Å²) in [4.78, 5) is 11.0. The second-order valence-corrected chi connectivity index (χ2v) is 4.20. The number of hydrogen-bond donors (Lipinski definition) is 1. The topological polar surface area (TPSA) is 34.0 Å². The summed E-state index contributed by atoms with van der Waals surface area (Å²) in [5.74, 6) is 0.0344. The highest BCUT2D eigenvalue weighted by atomic mass is 79.9. The predicted octanol–water partition coefficient (Wildman–Crippen LogP) is 1.39. The van der Waals surface area contributed by atoms with Crippen LogP contribution in [0.2, 0.25) is 0 Å². The Morgan fingerprint density at radius 3 is 2.69 bits per heavy atom. The van der Waals surface area contributed by atoms with E-state index in [1.165, 1.54) is 0 Å². The van der Waals surface area contributed by atoms with Crippen LogP contribution in [0.5, 0.6) is 0 Å². The summed E-state index contributed by atoms with van der Waals surface area (Å²) in [7, 11) is 0. The van der Waals surface area contributed by atoms with E-state index in [0.29, 0.717) is 6.54 Å². The molecule has 0 bridgehead atoms. The Hall–Kier alpha value is -0.770. The van der Waals surface area contributed by atoms with E-state index in [1.54, 1.807) is 0 Å². The lowest BCUT2D eigenvalue weighted by molar-refractivity contribution is -0.120. The van der Waals surface area contributed by atoms with Crippen molar-refractivity contribution in [3.05, 3.63) is 24.5 Å². The van der Waals surface area contributed by atoms with Gasteiger partial charge in [0.15, 0.2) is 0 Å². The second-order valence-electron chi connectivity index (χ2n) is 2.83. The van der Waals surface area contributed by atoms with Gasteiger partial charge in [0.1, 0.15) is 0 Å². The average molecular weight is 245 g/mol. The van der Waals surface area contributed by atoms with E-state index in [9.17, 15) is 4.79 Å². The molecule has 1 unspecified atom stereocenters. The van der Waals surface area contributed by atoms with Gasteiger partial charge in [-0.25, -0.2) is 0 Å². The molecule has 0 spiro atoms. The second kappa shape index (κ2) is 5.07. The van der Waals surface area contributed by atoms with Crippen molar-refractivity contribution in [1.29, 1.82) is 0 Å². The Labute approximate surface area is 86.3 Å². The van der Waals surface area contributed by atoms with Crippen LogP contribution in [0.25, 0.3) is 0 Å². The van der Waals surface area contributed by atoms with Crippen LogP contribution in [0.15, 0.2) is 24.5 Å². The van der Waals surface area contributed by atoms with Crippen molar-refractivity contribution in [2.24, 2.45) is 0 Å². The number of carbonyl (C=O) groups excluding carboxylic acids is 1. The molecule has 0 saturated heterocycles. The van der Waals surface area contributed by atoms with Gasteiger partial charge in [0.25, 0.3) is 0 Å². The van der Waals surface area contributed by atoms with E-state index < -0.39 is 0 Å². The predicted molar refractivity (Wildman–Crippen MR) is 55.8 cm³/mol. The van der Waals surface area contributed by atoms with Gasteiger partial charge in [-0.2, -0.15) is 0 Å². The zero-order chi connectivity index (χ0) is 9.68. The van der Waals surface area contributed by atoms with Gasteiger partial charge in [-0.15, -0.1) is 0 Å². The molecule has 0 saturated carbocycles. The van der Waals surface area contributed by atoms with Gasteiger partial charge in [0, 0.05) is 25.5 Å². The molecule has 72 valence electrons. The molecule has 3 nitrogen and oxygen atoms in total. The SMILES string of the molecule is CC(Br)C(=O)NCCn1cccc1. The molecule has 0 fully saturated rings. The van der Waals surface area contributed by atoms with Gasteiger partial charge in [-0.3, -0.25) is 4.79 Å². The Morgan fingerprint density at radius 1 is 1.54 bits per heavy atom. The number of hydrogen-bond acceptors (Lipinski definition) is 1. The minimum absolute atomic E-state index is 0.0344. The third kappa shape index (κ3) is 3.63. The molecule has 0 aliphatic carbocycles. The molecule has 0 aliphatic rings. The molecule has 13 heavy (non-hydrogen) atoms. The Morgan fingerprint density at radius 2 is 2.15 bits per heavy atom. The van der Waals surface area contributed by atoms with E-state index >= 15 is 0 Å². The van der Waals surface area contributed by atoms with Crippen LogP contribution >= 0.6 is 15.9 Å². The highest BCUT2D eigenvalue weighted by Crippen LogP contribution is 1.95. The van der Waals surface area contributed by atoms with Gasteiger partial charge < -0.3 is 9.88 Å². The zero-order valence-electron chi connectivity index (χ0n) is 7.53. The largest absolute Gasteiger partial charge is 0.353 e. The number of nitrogens with zero attached hydrogens (tertiary/aromatic N) is 1. The molecular weight excluding hydrogens is 232 g/mol. The van der Waals surface area contributed by atoms with E-state index in [1.807, 2.05) is 36.0 Å². The van der Waals surface area contributed by atoms with Crippen LogP contribution in [0, 0.1) is 0 Å². The molecule has 4 heteroatoms. The molecule has 0 aliphatic heterocycles. The average Bonchev–Trinajstić information content (AvgIpc) is 2.56. The van der Waals surface area contributed by atoms with E-state index in [-0.39, 0.29) is 10.7 Å². The van der Waals surface area contributed by atoms with Crippen molar-refractivity contribution in [2.75, 3.05) is 6.54 Å². The zero-order valence-corrected chi connectivity index (χ0v) is 9.12. The minimum atomic E-state index is -0.114. The number of aromatic nitrogens is 1. The lowest BCUT2D eigenvalue weighted by Gasteiger charge is -2.06. The minimum Gasteiger partial charge on any atom is -0.353 e. The number of alkyl halides is 1. The maximum absolute atomic E-state index is 11.1. The van der Waals surface area contributed by atoms with Crippen molar-refractivity contribution >= 4 is 21.8 Å². The summed E-state index contributed by atoms with van der Waals surface area (Å²) in [6, 6.07) is 3.93. The normalized spacial score (nSPS) is 12.5. The lowest BCUT2D eigenvalue weighted by Crippen LogP contribution is -2.31. The van der Waals surface area contributed by atoms with Gasteiger partial charge >= 0.3 is 0 Å². The molecule has 0 aromatic carbocycles. The standard InChI is InChI=1S/C9H13BrN2O/c1-8(10)9(13)11-4-7-12-5-2-3-6-12/h2-3,5-6,8H,4,7H2,1H3,(H,11,13). The van der Waals surface area contributed by atoms with Crippen molar-refractivity contribution in [3.63, 3.8) is 0 Å². The Balaban J connectivity index is 2.18. The smallest absolute Gasteiger partial charge is 0.233 e. The number of nitrogens with one attached hydrogen (secondary N) is 1. The molecule has 0 radical (unpaired) electrons. The number of halogens is 1. The van der Waals surface area contributed by atoms with E-state index in [4.69, 9.17) is 0 Å².